The largest absolute Gasteiger partial charge is 0.335 e. The van der Waals surface area contributed by atoms with E-state index in [-0.39, 0.29) is 0 Å². The van der Waals surface area contributed by atoms with Gasteiger partial charge in [-0.05, 0) is 44.0 Å². The number of urea groups is 1. The lowest BCUT2D eigenvalue weighted by molar-refractivity contribution is -0.140. The number of ketones is 1. The standard InChI is InChI=1S/C14H14N2O4/c1-7-4-5-10(6-8(7)2)16-13(19)11(9(3)17)12(18)15-14(16)20/h4-6,11H,1-3H3,(H,15,18,20). The molecule has 0 spiro atoms. The SMILES string of the molecule is CC(=O)C1C(=O)NC(=O)N(c2ccc(C)c(C)c2)C1=O. The molecule has 0 aromatic heterocycles. The minimum atomic E-state index is -1.46. The number of anilines is 1. The van der Waals surface area contributed by atoms with Crippen molar-refractivity contribution in [3.05, 3.63) is 29.3 Å². The van der Waals surface area contributed by atoms with E-state index in [1.807, 2.05) is 19.2 Å². The fourth-order valence-corrected chi connectivity index (χ4v) is 2.04. The van der Waals surface area contributed by atoms with E-state index in [4.69, 9.17) is 0 Å². The Morgan fingerprint density at radius 2 is 1.80 bits per heavy atom. The van der Waals surface area contributed by atoms with Crippen molar-refractivity contribution in [2.24, 2.45) is 5.92 Å². The number of nitrogens with zero attached hydrogens (tertiary/aromatic N) is 1. The van der Waals surface area contributed by atoms with Gasteiger partial charge in [0.25, 0.3) is 5.91 Å². The van der Waals surface area contributed by atoms with Gasteiger partial charge in [-0.15, -0.1) is 0 Å². The van der Waals surface area contributed by atoms with Gasteiger partial charge in [0.05, 0.1) is 5.69 Å². The number of hydrogen-bond acceptors (Lipinski definition) is 4. The zero-order valence-corrected chi connectivity index (χ0v) is 11.4. The summed E-state index contributed by atoms with van der Waals surface area (Å²) >= 11 is 0. The Bertz CT molecular complexity index is 636. The summed E-state index contributed by atoms with van der Waals surface area (Å²) in [5, 5.41) is 2.03. The summed E-state index contributed by atoms with van der Waals surface area (Å²) in [5.74, 6) is -3.73. The molecule has 1 heterocycles. The second-order valence-electron chi connectivity index (χ2n) is 4.78. The van der Waals surface area contributed by atoms with E-state index in [2.05, 4.69) is 0 Å². The molecule has 1 N–H and O–H groups in total. The van der Waals surface area contributed by atoms with Gasteiger partial charge in [0, 0.05) is 0 Å². The first kappa shape index (κ1) is 13.9. The van der Waals surface area contributed by atoms with E-state index in [1.165, 1.54) is 0 Å². The number of rotatable bonds is 2. The van der Waals surface area contributed by atoms with Gasteiger partial charge in [0.2, 0.25) is 5.91 Å². The lowest BCUT2D eigenvalue weighted by Gasteiger charge is -2.29. The number of hydrogen-bond donors (Lipinski definition) is 1. The number of aryl methyl sites for hydroxylation is 2. The maximum absolute atomic E-state index is 12.2. The van der Waals surface area contributed by atoms with Crippen molar-refractivity contribution >= 4 is 29.3 Å². The van der Waals surface area contributed by atoms with E-state index in [1.54, 1.807) is 18.2 Å². The molecule has 1 aliphatic rings. The molecule has 1 fully saturated rings. The molecule has 6 nitrogen and oxygen atoms in total. The summed E-state index contributed by atoms with van der Waals surface area (Å²) in [6.45, 7) is 4.90. The van der Waals surface area contributed by atoms with E-state index >= 15 is 0 Å². The lowest BCUT2D eigenvalue weighted by Crippen LogP contribution is -2.60. The molecule has 1 aromatic rings. The molecule has 4 amide bonds. The van der Waals surface area contributed by atoms with Crippen LogP contribution in [0.2, 0.25) is 0 Å². The van der Waals surface area contributed by atoms with Crippen molar-refractivity contribution in [2.75, 3.05) is 4.90 Å². The highest BCUT2D eigenvalue weighted by Crippen LogP contribution is 2.23. The molecule has 1 aromatic carbocycles. The summed E-state index contributed by atoms with van der Waals surface area (Å²) in [5.41, 5.74) is 2.26. The normalized spacial score (nSPS) is 19.1. The molecule has 0 aliphatic carbocycles. The number of carbonyl (C=O) groups is 4. The molecule has 0 bridgehead atoms. The highest BCUT2D eigenvalue weighted by molar-refractivity contribution is 6.34. The highest BCUT2D eigenvalue weighted by atomic mass is 16.2. The Kier molecular flexibility index (Phi) is 3.40. The molecule has 1 unspecified atom stereocenters. The number of amides is 4. The van der Waals surface area contributed by atoms with Crippen LogP contribution in [-0.2, 0) is 14.4 Å². The van der Waals surface area contributed by atoms with Gasteiger partial charge in [-0.2, -0.15) is 0 Å². The Morgan fingerprint density at radius 1 is 1.15 bits per heavy atom. The highest BCUT2D eigenvalue weighted by Gasteiger charge is 2.43. The average molecular weight is 274 g/mol. The van der Waals surface area contributed by atoms with Crippen molar-refractivity contribution in [3.63, 3.8) is 0 Å². The lowest BCUT2D eigenvalue weighted by atomic mass is 9.99. The minimum absolute atomic E-state index is 0.342. The Balaban J connectivity index is 2.46. The number of carbonyl (C=O) groups excluding carboxylic acids is 4. The molecule has 104 valence electrons. The van der Waals surface area contributed by atoms with Crippen LogP contribution < -0.4 is 10.2 Å². The van der Waals surface area contributed by atoms with Crippen molar-refractivity contribution < 1.29 is 19.2 Å². The van der Waals surface area contributed by atoms with Crippen LogP contribution in [0.1, 0.15) is 18.1 Å². The summed E-state index contributed by atoms with van der Waals surface area (Å²) in [6.07, 6.45) is 0. The number of barbiturate groups is 1. The molecule has 20 heavy (non-hydrogen) atoms. The molecule has 1 saturated heterocycles. The first-order chi connectivity index (χ1) is 9.32. The van der Waals surface area contributed by atoms with Gasteiger partial charge in [0.15, 0.2) is 11.7 Å². The third-order valence-electron chi connectivity index (χ3n) is 3.32. The Morgan fingerprint density at radius 3 is 2.35 bits per heavy atom. The predicted molar refractivity (Wildman–Crippen MR) is 71.1 cm³/mol. The predicted octanol–water partition coefficient (Wildman–Crippen LogP) is 1.09. The smallest absolute Gasteiger partial charge is 0.299 e. The molecular weight excluding hydrogens is 260 g/mol. The monoisotopic (exact) mass is 274 g/mol. The van der Waals surface area contributed by atoms with Crippen LogP contribution in [0.3, 0.4) is 0 Å². The first-order valence-electron chi connectivity index (χ1n) is 6.09. The second-order valence-corrected chi connectivity index (χ2v) is 4.78. The fraction of sp³-hybridized carbons (Fsp3) is 0.286. The molecule has 0 saturated carbocycles. The molecule has 0 radical (unpaired) electrons. The molecule has 6 heteroatoms. The molecule has 1 aliphatic heterocycles. The van der Waals surface area contributed by atoms with Gasteiger partial charge >= 0.3 is 6.03 Å². The summed E-state index contributed by atoms with van der Waals surface area (Å²) in [7, 11) is 0. The van der Waals surface area contributed by atoms with Crippen LogP contribution >= 0.6 is 0 Å². The van der Waals surface area contributed by atoms with Crippen LogP contribution in [0.5, 0.6) is 0 Å². The van der Waals surface area contributed by atoms with Gasteiger partial charge < -0.3 is 0 Å². The van der Waals surface area contributed by atoms with E-state index in [9.17, 15) is 19.2 Å². The molecular formula is C14H14N2O4. The zero-order chi connectivity index (χ0) is 15.0. The fourth-order valence-electron chi connectivity index (χ4n) is 2.04. The van der Waals surface area contributed by atoms with Crippen molar-refractivity contribution in [1.29, 1.82) is 0 Å². The van der Waals surface area contributed by atoms with Crippen molar-refractivity contribution in [3.8, 4) is 0 Å². The Labute approximate surface area is 115 Å². The topological polar surface area (TPSA) is 83.6 Å². The number of Topliss-reactive ketones (excluding diaryl/α,β-unsaturated/α-hetero) is 1. The van der Waals surface area contributed by atoms with Gasteiger partial charge in [-0.3, -0.25) is 19.7 Å². The summed E-state index contributed by atoms with van der Waals surface area (Å²) < 4.78 is 0. The number of benzene rings is 1. The third kappa shape index (κ3) is 2.20. The molecule has 2 rings (SSSR count). The van der Waals surface area contributed by atoms with Gasteiger partial charge in [-0.1, -0.05) is 6.07 Å². The van der Waals surface area contributed by atoms with Crippen LogP contribution in [0.25, 0.3) is 0 Å². The summed E-state index contributed by atoms with van der Waals surface area (Å²) in [6, 6.07) is 4.21. The maximum atomic E-state index is 12.2. The molecule has 1 atom stereocenters. The van der Waals surface area contributed by atoms with E-state index < -0.39 is 29.5 Å². The van der Waals surface area contributed by atoms with E-state index in [0.29, 0.717) is 5.69 Å². The van der Waals surface area contributed by atoms with E-state index in [0.717, 1.165) is 23.0 Å². The average Bonchev–Trinajstić information content (AvgIpc) is 2.32. The third-order valence-corrected chi connectivity index (χ3v) is 3.32. The zero-order valence-electron chi connectivity index (χ0n) is 11.4. The number of imide groups is 2. The first-order valence-corrected chi connectivity index (χ1v) is 6.09. The van der Waals surface area contributed by atoms with Crippen LogP contribution in [0.15, 0.2) is 18.2 Å². The summed E-state index contributed by atoms with van der Waals surface area (Å²) in [4.78, 5) is 47.8. The second kappa shape index (κ2) is 4.88. The Hall–Kier alpha value is -2.50. The number of nitrogens with one attached hydrogen (secondary N) is 1. The minimum Gasteiger partial charge on any atom is -0.299 e. The van der Waals surface area contributed by atoms with Crippen LogP contribution in [0.4, 0.5) is 10.5 Å². The van der Waals surface area contributed by atoms with Crippen LogP contribution in [0, 0.1) is 19.8 Å². The van der Waals surface area contributed by atoms with Gasteiger partial charge in [0.1, 0.15) is 0 Å². The maximum Gasteiger partial charge on any atom is 0.335 e. The van der Waals surface area contributed by atoms with Crippen molar-refractivity contribution in [1.82, 2.24) is 5.32 Å². The quantitative estimate of drug-likeness (QED) is 0.818. The van der Waals surface area contributed by atoms with Crippen molar-refractivity contribution in [2.45, 2.75) is 20.8 Å². The van der Waals surface area contributed by atoms with Crippen LogP contribution in [-0.4, -0.2) is 23.6 Å². The van der Waals surface area contributed by atoms with Gasteiger partial charge in [-0.25, -0.2) is 9.69 Å².